The third-order valence-corrected chi connectivity index (χ3v) is 5.50. The topological polar surface area (TPSA) is 42.0 Å². The monoisotopic (exact) mass is 310 g/mol. The van der Waals surface area contributed by atoms with E-state index < -0.39 is 0 Å². The van der Waals surface area contributed by atoms with Gasteiger partial charge < -0.3 is 14.4 Å². The van der Waals surface area contributed by atoms with E-state index in [1.165, 1.54) is 0 Å². The highest BCUT2D eigenvalue weighted by molar-refractivity contribution is 5.80. The smallest absolute Gasteiger partial charge is 0.226 e. The molecule has 1 saturated carbocycles. The van der Waals surface area contributed by atoms with E-state index in [0.29, 0.717) is 24.1 Å². The molecule has 1 aliphatic carbocycles. The molecule has 2 aliphatic heterocycles. The lowest BCUT2D eigenvalue weighted by Crippen LogP contribution is -2.59. The van der Waals surface area contributed by atoms with Crippen molar-refractivity contribution in [1.29, 1.82) is 0 Å². The molecule has 22 heavy (non-hydrogen) atoms. The second-order valence-corrected chi connectivity index (χ2v) is 6.96. The number of nitrogens with zero attached hydrogens (tertiary/aromatic N) is 2. The fourth-order valence-corrected chi connectivity index (χ4v) is 4.07. The molecule has 0 spiro atoms. The van der Waals surface area contributed by atoms with E-state index in [-0.39, 0.29) is 5.92 Å². The van der Waals surface area contributed by atoms with E-state index in [1.54, 1.807) is 0 Å². The third-order valence-electron chi connectivity index (χ3n) is 5.50. The van der Waals surface area contributed by atoms with Gasteiger partial charge in [-0.2, -0.15) is 0 Å². The SMILES string of the molecule is CCOC1CC(C(=O)N2CCN(C3CCOCC3)C[C@@H]2C)C1. The first kappa shape index (κ1) is 16.2. The summed E-state index contributed by atoms with van der Waals surface area (Å²) in [5.41, 5.74) is 0. The molecule has 5 heteroatoms. The fourth-order valence-electron chi connectivity index (χ4n) is 4.07. The quantitative estimate of drug-likeness (QED) is 0.789. The molecule has 5 nitrogen and oxygen atoms in total. The number of carbonyl (C=O) groups excluding carboxylic acids is 1. The Bertz CT molecular complexity index is 378. The van der Waals surface area contributed by atoms with Gasteiger partial charge in [0.15, 0.2) is 0 Å². The van der Waals surface area contributed by atoms with Crippen LogP contribution in [0.25, 0.3) is 0 Å². The molecule has 0 bridgehead atoms. The van der Waals surface area contributed by atoms with Crippen molar-refractivity contribution < 1.29 is 14.3 Å². The summed E-state index contributed by atoms with van der Waals surface area (Å²) >= 11 is 0. The Morgan fingerprint density at radius 2 is 1.95 bits per heavy atom. The van der Waals surface area contributed by atoms with Gasteiger partial charge in [0.1, 0.15) is 0 Å². The Morgan fingerprint density at radius 3 is 2.59 bits per heavy atom. The molecule has 0 radical (unpaired) electrons. The third kappa shape index (κ3) is 3.47. The molecule has 126 valence electrons. The van der Waals surface area contributed by atoms with Crippen LogP contribution in [0.3, 0.4) is 0 Å². The van der Waals surface area contributed by atoms with Crippen LogP contribution in [0.2, 0.25) is 0 Å². The molecule has 2 saturated heterocycles. The van der Waals surface area contributed by atoms with Crippen LogP contribution in [-0.4, -0.2) is 73.3 Å². The molecule has 2 heterocycles. The molecule has 1 atom stereocenters. The van der Waals surface area contributed by atoms with Gasteiger partial charge in [0.2, 0.25) is 5.91 Å². The molecule has 0 N–H and O–H groups in total. The van der Waals surface area contributed by atoms with Crippen LogP contribution in [0, 0.1) is 5.92 Å². The minimum atomic E-state index is 0.202. The van der Waals surface area contributed by atoms with Crippen LogP contribution >= 0.6 is 0 Å². The van der Waals surface area contributed by atoms with Gasteiger partial charge in [-0.05, 0) is 39.5 Å². The highest BCUT2D eigenvalue weighted by Gasteiger charge is 2.40. The molecule has 0 unspecified atom stereocenters. The summed E-state index contributed by atoms with van der Waals surface area (Å²) in [6.45, 7) is 9.66. The Kier molecular flexibility index (Phi) is 5.37. The van der Waals surface area contributed by atoms with E-state index >= 15 is 0 Å². The van der Waals surface area contributed by atoms with Gasteiger partial charge in [-0.25, -0.2) is 0 Å². The van der Waals surface area contributed by atoms with E-state index in [4.69, 9.17) is 9.47 Å². The minimum Gasteiger partial charge on any atom is -0.381 e. The van der Waals surface area contributed by atoms with Crippen molar-refractivity contribution in [2.75, 3.05) is 39.5 Å². The lowest BCUT2D eigenvalue weighted by Gasteiger charge is -2.46. The molecule has 0 aromatic heterocycles. The number of hydrogen-bond donors (Lipinski definition) is 0. The molecule has 3 rings (SSSR count). The Labute approximate surface area is 133 Å². The van der Waals surface area contributed by atoms with Gasteiger partial charge in [-0.3, -0.25) is 9.69 Å². The summed E-state index contributed by atoms with van der Waals surface area (Å²) in [5, 5.41) is 0. The lowest BCUT2D eigenvalue weighted by atomic mass is 9.81. The van der Waals surface area contributed by atoms with Gasteiger partial charge in [0, 0.05) is 57.5 Å². The number of piperazine rings is 1. The Morgan fingerprint density at radius 1 is 1.23 bits per heavy atom. The molecule has 0 aromatic carbocycles. The average molecular weight is 310 g/mol. The first-order chi connectivity index (χ1) is 10.7. The molecule has 0 aromatic rings. The second-order valence-electron chi connectivity index (χ2n) is 6.96. The summed E-state index contributed by atoms with van der Waals surface area (Å²) in [4.78, 5) is 17.3. The summed E-state index contributed by atoms with van der Waals surface area (Å²) < 4.78 is 11.0. The number of rotatable bonds is 4. The van der Waals surface area contributed by atoms with Crippen molar-refractivity contribution in [3.8, 4) is 0 Å². The summed E-state index contributed by atoms with van der Waals surface area (Å²) in [5.74, 6) is 0.559. The van der Waals surface area contributed by atoms with Crippen molar-refractivity contribution in [1.82, 2.24) is 9.80 Å². The van der Waals surface area contributed by atoms with Gasteiger partial charge in [-0.1, -0.05) is 0 Å². The van der Waals surface area contributed by atoms with Gasteiger partial charge in [0.25, 0.3) is 0 Å². The largest absolute Gasteiger partial charge is 0.381 e. The van der Waals surface area contributed by atoms with Crippen LogP contribution in [0.15, 0.2) is 0 Å². The summed E-state index contributed by atoms with van der Waals surface area (Å²) in [7, 11) is 0. The van der Waals surface area contributed by atoms with Crippen LogP contribution in [-0.2, 0) is 14.3 Å². The zero-order chi connectivity index (χ0) is 15.5. The number of ether oxygens (including phenoxy) is 2. The van der Waals surface area contributed by atoms with Crippen molar-refractivity contribution in [3.05, 3.63) is 0 Å². The van der Waals surface area contributed by atoms with E-state index in [9.17, 15) is 4.79 Å². The van der Waals surface area contributed by atoms with Crippen molar-refractivity contribution >= 4 is 5.91 Å². The summed E-state index contributed by atoms with van der Waals surface area (Å²) in [6, 6.07) is 0.981. The number of hydrogen-bond acceptors (Lipinski definition) is 4. The van der Waals surface area contributed by atoms with E-state index in [0.717, 1.165) is 65.1 Å². The predicted molar refractivity (Wildman–Crippen MR) is 84.7 cm³/mol. The first-order valence-corrected chi connectivity index (χ1v) is 8.93. The second kappa shape index (κ2) is 7.28. The standard InChI is InChI=1S/C17H30N2O3/c1-3-22-16-10-14(11-16)17(20)19-7-6-18(12-13(19)2)15-4-8-21-9-5-15/h13-16H,3-12H2,1-2H3/t13-,14?,16?/m0/s1. The zero-order valence-corrected chi connectivity index (χ0v) is 14.0. The Hall–Kier alpha value is -0.650. The Balaban J connectivity index is 1.47. The number of carbonyl (C=O) groups is 1. The fraction of sp³-hybridized carbons (Fsp3) is 0.941. The van der Waals surface area contributed by atoms with E-state index in [1.807, 2.05) is 6.92 Å². The maximum absolute atomic E-state index is 12.7. The summed E-state index contributed by atoms with van der Waals surface area (Å²) in [6.07, 6.45) is 4.43. The van der Waals surface area contributed by atoms with Crippen LogP contribution < -0.4 is 0 Å². The molecule has 3 aliphatic rings. The predicted octanol–water partition coefficient (Wildman–Crippen LogP) is 1.51. The normalized spacial score (nSPS) is 34.5. The van der Waals surface area contributed by atoms with Gasteiger partial charge in [0.05, 0.1) is 6.10 Å². The highest BCUT2D eigenvalue weighted by Crippen LogP contribution is 2.33. The number of amides is 1. The van der Waals surface area contributed by atoms with Gasteiger partial charge >= 0.3 is 0 Å². The molecule has 1 amide bonds. The molecular formula is C17H30N2O3. The van der Waals surface area contributed by atoms with E-state index in [2.05, 4.69) is 16.7 Å². The van der Waals surface area contributed by atoms with Crippen molar-refractivity contribution in [3.63, 3.8) is 0 Å². The van der Waals surface area contributed by atoms with Crippen LogP contribution in [0.5, 0.6) is 0 Å². The van der Waals surface area contributed by atoms with Gasteiger partial charge in [-0.15, -0.1) is 0 Å². The van der Waals surface area contributed by atoms with Crippen LogP contribution in [0.1, 0.15) is 39.5 Å². The molecule has 3 fully saturated rings. The lowest BCUT2D eigenvalue weighted by molar-refractivity contribution is -0.149. The zero-order valence-electron chi connectivity index (χ0n) is 14.0. The van der Waals surface area contributed by atoms with Crippen molar-refractivity contribution in [2.45, 2.75) is 57.7 Å². The maximum Gasteiger partial charge on any atom is 0.226 e. The molecular weight excluding hydrogens is 280 g/mol. The highest BCUT2D eigenvalue weighted by atomic mass is 16.5. The van der Waals surface area contributed by atoms with Crippen LogP contribution in [0.4, 0.5) is 0 Å². The van der Waals surface area contributed by atoms with Crippen molar-refractivity contribution in [2.24, 2.45) is 5.92 Å². The maximum atomic E-state index is 12.7. The first-order valence-electron chi connectivity index (χ1n) is 8.93. The minimum absolute atomic E-state index is 0.202. The average Bonchev–Trinajstić information content (AvgIpc) is 2.50.